The number of likely N-dealkylation sites (N-methyl/N-ethyl adjacent to an activating group) is 2. The summed E-state index contributed by atoms with van der Waals surface area (Å²) >= 11 is 0. The van der Waals surface area contributed by atoms with Gasteiger partial charge >= 0.3 is 5.97 Å². The van der Waals surface area contributed by atoms with Gasteiger partial charge in [0.25, 0.3) is 17.7 Å². The summed E-state index contributed by atoms with van der Waals surface area (Å²) in [6.45, 7) is -0.309. The quantitative estimate of drug-likeness (QED) is 0.620. The average molecular weight is 397 g/mol. The third-order valence-corrected chi connectivity index (χ3v) is 3.55. The second-order valence-electron chi connectivity index (χ2n) is 5.88. The lowest BCUT2D eigenvalue weighted by atomic mass is 10.2. The minimum absolute atomic E-state index is 0.0278. The predicted molar refractivity (Wildman–Crippen MR) is 94.0 cm³/mol. The Morgan fingerprint density at radius 1 is 1.32 bits per heavy atom. The molecule has 1 heterocycles. The molecule has 0 unspecified atom stereocenters. The summed E-state index contributed by atoms with van der Waals surface area (Å²) in [5, 5.41) is 17.3. The van der Waals surface area contributed by atoms with E-state index in [1.54, 1.807) is 14.1 Å². The number of carbonyl (C=O) groups excluding carboxylic acids is 3. The molecule has 0 fully saturated rings. The van der Waals surface area contributed by atoms with Crippen LogP contribution in [0.4, 0.5) is 4.39 Å². The zero-order valence-corrected chi connectivity index (χ0v) is 15.4. The van der Waals surface area contributed by atoms with E-state index in [1.165, 1.54) is 18.0 Å². The van der Waals surface area contributed by atoms with Gasteiger partial charge in [-0.3, -0.25) is 14.4 Å². The molecule has 1 aromatic carbocycles. The fourth-order valence-electron chi connectivity index (χ4n) is 1.95. The molecule has 4 N–H and O–H groups in total. The summed E-state index contributed by atoms with van der Waals surface area (Å²) < 4.78 is 18.0. The van der Waals surface area contributed by atoms with Crippen LogP contribution in [0.25, 0.3) is 0 Å². The second-order valence-corrected chi connectivity index (χ2v) is 5.88. The molecule has 0 aromatic heterocycles. The van der Waals surface area contributed by atoms with Crippen molar-refractivity contribution >= 4 is 23.7 Å². The first kappa shape index (κ1) is 22.4. The van der Waals surface area contributed by atoms with Crippen molar-refractivity contribution in [1.29, 1.82) is 0 Å². The summed E-state index contributed by atoms with van der Waals surface area (Å²) in [6.07, 6.45) is 0. The molecule has 0 saturated heterocycles. The number of aliphatic carboxylic acids is 1. The second kappa shape index (κ2) is 9.35. The molecule has 1 aliphatic rings. The van der Waals surface area contributed by atoms with E-state index in [9.17, 15) is 23.6 Å². The molecule has 0 bridgehead atoms. The van der Waals surface area contributed by atoms with Crippen LogP contribution in [0.3, 0.4) is 0 Å². The van der Waals surface area contributed by atoms with Gasteiger partial charge in [-0.25, -0.2) is 9.18 Å². The lowest BCUT2D eigenvalue weighted by molar-refractivity contribution is -0.133. The molecule has 3 amide bonds. The van der Waals surface area contributed by atoms with Crippen molar-refractivity contribution < 1.29 is 38.5 Å². The van der Waals surface area contributed by atoms with Crippen molar-refractivity contribution in [2.24, 2.45) is 5.73 Å². The normalized spacial score (nSPS) is 13.0. The molecule has 0 aliphatic carbocycles. The van der Waals surface area contributed by atoms with Crippen LogP contribution in [0.1, 0.15) is 10.4 Å². The average Bonchev–Trinajstić information content (AvgIpc) is 2.87. The summed E-state index contributed by atoms with van der Waals surface area (Å²) in [5.74, 6) is -4.18. The van der Waals surface area contributed by atoms with E-state index in [0.29, 0.717) is 0 Å². The number of nitrogens with zero attached hydrogens (tertiary/aromatic N) is 2. The number of nitrogens with two attached hydrogens (primary N) is 1. The minimum Gasteiger partial charge on any atom is -0.503 e. The summed E-state index contributed by atoms with van der Waals surface area (Å²) in [4.78, 5) is 45.9. The van der Waals surface area contributed by atoms with E-state index in [-0.39, 0.29) is 35.9 Å². The molecule has 28 heavy (non-hydrogen) atoms. The number of ether oxygens (including phenoxy) is 1. The van der Waals surface area contributed by atoms with Crippen molar-refractivity contribution in [2.45, 2.75) is 0 Å². The topological polar surface area (TPSA) is 150 Å². The summed E-state index contributed by atoms with van der Waals surface area (Å²) in [5.41, 5.74) is 4.90. The Balaban J connectivity index is 0.000000307. The van der Waals surface area contributed by atoms with Crippen molar-refractivity contribution in [3.63, 3.8) is 0 Å². The zero-order chi connectivity index (χ0) is 21.6. The monoisotopic (exact) mass is 397 g/mol. The van der Waals surface area contributed by atoms with Crippen molar-refractivity contribution in [1.82, 2.24) is 9.80 Å². The molecule has 0 spiro atoms. The number of aliphatic hydroxyl groups is 1. The van der Waals surface area contributed by atoms with Crippen LogP contribution in [0, 0.1) is 5.82 Å². The number of carboxylic acid groups (broad SMARTS) is 1. The number of primary amides is 1. The third kappa shape index (κ3) is 5.69. The predicted octanol–water partition coefficient (Wildman–Crippen LogP) is -0.253. The molecular weight excluding hydrogens is 377 g/mol. The van der Waals surface area contributed by atoms with E-state index in [1.807, 2.05) is 0 Å². The number of aliphatic hydroxyl groups excluding tert-OH is 1. The molecule has 2 rings (SSSR count). The first-order valence-electron chi connectivity index (χ1n) is 7.78. The highest BCUT2D eigenvalue weighted by Gasteiger charge is 2.31. The first-order valence-corrected chi connectivity index (χ1v) is 7.78. The van der Waals surface area contributed by atoms with E-state index >= 15 is 0 Å². The number of carboxylic acids is 1. The van der Waals surface area contributed by atoms with Crippen LogP contribution in [0.2, 0.25) is 0 Å². The van der Waals surface area contributed by atoms with Crippen molar-refractivity contribution in [3.8, 4) is 5.75 Å². The van der Waals surface area contributed by atoms with Gasteiger partial charge in [-0.1, -0.05) is 0 Å². The number of benzene rings is 1. The molecular formula is C17H20FN3O7. The fraction of sp³-hybridized carbons (Fsp3) is 0.294. The van der Waals surface area contributed by atoms with Gasteiger partial charge in [0.2, 0.25) is 0 Å². The van der Waals surface area contributed by atoms with Crippen LogP contribution in [0.5, 0.6) is 5.75 Å². The molecule has 11 heteroatoms. The molecule has 152 valence electrons. The van der Waals surface area contributed by atoms with Gasteiger partial charge in [0.1, 0.15) is 17.1 Å². The van der Waals surface area contributed by atoms with Crippen LogP contribution in [0.15, 0.2) is 29.5 Å². The Morgan fingerprint density at radius 2 is 1.93 bits per heavy atom. The van der Waals surface area contributed by atoms with Crippen LogP contribution in [-0.4, -0.2) is 78.0 Å². The maximum atomic E-state index is 13.0. The summed E-state index contributed by atoms with van der Waals surface area (Å²) in [6, 6.07) is 3.33. The van der Waals surface area contributed by atoms with E-state index in [0.717, 1.165) is 17.0 Å². The minimum atomic E-state index is -1.25. The van der Waals surface area contributed by atoms with Gasteiger partial charge in [-0.05, 0) is 12.1 Å². The van der Waals surface area contributed by atoms with E-state index < -0.39 is 29.4 Å². The van der Waals surface area contributed by atoms with E-state index in [4.69, 9.17) is 20.7 Å². The Morgan fingerprint density at radius 3 is 2.32 bits per heavy atom. The Labute approximate surface area is 159 Å². The molecule has 0 radical (unpaired) electrons. The fourth-order valence-corrected chi connectivity index (χ4v) is 1.95. The molecule has 1 aromatic rings. The highest BCUT2D eigenvalue weighted by molar-refractivity contribution is 6.04. The molecule has 1 aliphatic heterocycles. The number of rotatable bonds is 5. The Bertz CT molecular complexity index is 836. The Hall–Kier alpha value is -3.63. The van der Waals surface area contributed by atoms with Crippen LogP contribution in [-0.2, 0) is 14.4 Å². The molecule has 0 atom stereocenters. The Kier molecular flexibility index (Phi) is 7.48. The maximum absolute atomic E-state index is 13.0. The van der Waals surface area contributed by atoms with Gasteiger partial charge < -0.3 is 30.5 Å². The number of carbonyl (C=O) groups is 4. The van der Waals surface area contributed by atoms with Gasteiger partial charge in [0.05, 0.1) is 12.1 Å². The summed E-state index contributed by atoms with van der Waals surface area (Å²) in [7, 11) is 4.55. The number of hydrogen-bond donors (Lipinski definition) is 3. The lowest BCUT2D eigenvalue weighted by Gasteiger charge is -2.12. The zero-order valence-electron chi connectivity index (χ0n) is 15.4. The first-order chi connectivity index (χ1) is 13.0. The molecule has 0 saturated carbocycles. The smallest absolute Gasteiger partial charge is 0.337 e. The van der Waals surface area contributed by atoms with Gasteiger partial charge in [-0.15, -0.1) is 0 Å². The van der Waals surface area contributed by atoms with E-state index in [2.05, 4.69) is 0 Å². The third-order valence-electron chi connectivity index (χ3n) is 3.55. The number of halogens is 1. The standard InChI is InChI=1S/C11H13FN2O3.C6H7NO4/c1-14(2)10(15)6-17-9-5-7(12)3-4-8(9)11(13)16;1-7-2-3(6(10)11)4(8)5(7)9/h3-5H,6H2,1-2H3,(H2,13,16);8H,2H2,1H3,(H,10,11). The largest absolute Gasteiger partial charge is 0.503 e. The van der Waals surface area contributed by atoms with Gasteiger partial charge in [0.15, 0.2) is 12.4 Å². The maximum Gasteiger partial charge on any atom is 0.337 e. The van der Waals surface area contributed by atoms with Crippen LogP contribution < -0.4 is 10.5 Å². The lowest BCUT2D eigenvalue weighted by Crippen LogP contribution is -2.28. The number of amides is 3. The molecule has 10 nitrogen and oxygen atoms in total. The highest BCUT2D eigenvalue weighted by Crippen LogP contribution is 2.19. The van der Waals surface area contributed by atoms with Gasteiger partial charge in [-0.2, -0.15) is 0 Å². The SMILES string of the molecule is CN(C)C(=O)COc1cc(F)ccc1C(N)=O.CN1CC(C(=O)O)=C(O)C1=O. The number of hydrogen-bond acceptors (Lipinski definition) is 6. The van der Waals surface area contributed by atoms with Crippen molar-refractivity contribution in [2.75, 3.05) is 34.3 Å². The van der Waals surface area contributed by atoms with Gasteiger partial charge in [0, 0.05) is 27.2 Å². The highest BCUT2D eigenvalue weighted by atomic mass is 19.1. The van der Waals surface area contributed by atoms with Crippen molar-refractivity contribution in [3.05, 3.63) is 40.9 Å². The van der Waals surface area contributed by atoms with Crippen LogP contribution >= 0.6 is 0 Å².